The second-order valence-electron chi connectivity index (χ2n) is 5.56. The first kappa shape index (κ1) is 17.5. The maximum absolute atomic E-state index is 14.1. The van der Waals surface area contributed by atoms with E-state index in [1.54, 1.807) is 35.2 Å². The normalized spacial score (nSPS) is 10.9. The fraction of sp³-hybridized carbons (Fsp3) is 0.0556. The summed E-state index contributed by atoms with van der Waals surface area (Å²) in [6, 6.07) is 12.1. The number of anilines is 4. The van der Waals surface area contributed by atoms with Gasteiger partial charge in [0.1, 0.15) is 5.75 Å². The van der Waals surface area contributed by atoms with Crippen LogP contribution < -0.4 is 10.6 Å². The summed E-state index contributed by atoms with van der Waals surface area (Å²) < 4.78 is 16.1. The van der Waals surface area contributed by atoms with Gasteiger partial charge in [0.15, 0.2) is 16.0 Å². The lowest BCUT2D eigenvalue weighted by Gasteiger charge is -2.09. The molecule has 9 heteroatoms. The fourth-order valence-corrected chi connectivity index (χ4v) is 3.96. The van der Waals surface area contributed by atoms with Crippen LogP contribution in [0.4, 0.5) is 27.5 Å². The molecule has 2 aromatic carbocycles. The van der Waals surface area contributed by atoms with Crippen molar-refractivity contribution >= 4 is 56.5 Å². The van der Waals surface area contributed by atoms with Gasteiger partial charge < -0.3 is 15.7 Å². The molecule has 0 spiro atoms. The Labute approximate surface area is 162 Å². The Morgan fingerprint density at radius 2 is 1.93 bits per heavy atom. The van der Waals surface area contributed by atoms with Crippen LogP contribution in [0.3, 0.4) is 0 Å². The third-order valence-corrected chi connectivity index (χ3v) is 5.66. The van der Waals surface area contributed by atoms with Crippen molar-refractivity contribution in [3.8, 4) is 5.75 Å². The van der Waals surface area contributed by atoms with E-state index in [4.69, 9.17) is 0 Å². The molecule has 6 nitrogen and oxygen atoms in total. The Bertz CT molecular complexity index is 1120. The van der Waals surface area contributed by atoms with Crippen LogP contribution in [0.2, 0.25) is 0 Å². The van der Waals surface area contributed by atoms with Gasteiger partial charge in [0.2, 0.25) is 5.95 Å². The van der Waals surface area contributed by atoms with E-state index in [1.807, 2.05) is 24.5 Å². The number of phenolic OH excluding ortho intramolecular Hbond substituents is 1. The number of fused-ring (bicyclic) bond motifs is 1. The second kappa shape index (κ2) is 7.37. The number of benzene rings is 2. The van der Waals surface area contributed by atoms with E-state index < -0.39 is 5.82 Å². The number of halogens is 1. The molecule has 0 saturated heterocycles. The van der Waals surface area contributed by atoms with Gasteiger partial charge in [-0.3, -0.25) is 0 Å². The minimum absolute atomic E-state index is 0.0154. The van der Waals surface area contributed by atoms with Crippen LogP contribution >= 0.6 is 23.1 Å². The summed E-state index contributed by atoms with van der Waals surface area (Å²) in [4.78, 5) is 12.7. The topological polar surface area (TPSA) is 83.0 Å². The molecule has 3 N–H and O–H groups in total. The number of thiazole rings is 1. The molecule has 0 unspecified atom stereocenters. The Morgan fingerprint density at radius 1 is 1.07 bits per heavy atom. The number of phenols is 1. The van der Waals surface area contributed by atoms with Gasteiger partial charge in [-0.25, -0.2) is 14.4 Å². The first-order valence-electron chi connectivity index (χ1n) is 7.91. The molecule has 27 heavy (non-hydrogen) atoms. The molecular formula is C18H14FN5OS2. The first-order valence-corrected chi connectivity index (χ1v) is 9.95. The molecule has 4 rings (SSSR count). The van der Waals surface area contributed by atoms with E-state index in [2.05, 4.69) is 25.6 Å². The van der Waals surface area contributed by atoms with E-state index in [9.17, 15) is 9.50 Å². The van der Waals surface area contributed by atoms with Crippen molar-refractivity contribution in [1.82, 2.24) is 15.0 Å². The molecule has 0 aliphatic rings. The molecule has 2 heterocycles. The summed E-state index contributed by atoms with van der Waals surface area (Å²) in [5, 5.41) is 15.5. The van der Waals surface area contributed by atoms with Gasteiger partial charge in [0.05, 0.1) is 16.4 Å². The van der Waals surface area contributed by atoms with Crippen molar-refractivity contribution in [2.24, 2.45) is 0 Å². The van der Waals surface area contributed by atoms with Gasteiger partial charge in [0.25, 0.3) is 0 Å². The average Bonchev–Trinajstić information content (AvgIpc) is 3.07. The highest BCUT2D eigenvalue weighted by Gasteiger charge is 2.09. The van der Waals surface area contributed by atoms with Crippen molar-refractivity contribution < 1.29 is 9.50 Å². The van der Waals surface area contributed by atoms with E-state index in [0.717, 1.165) is 26.4 Å². The quantitative estimate of drug-likeness (QED) is 0.401. The predicted molar refractivity (Wildman–Crippen MR) is 108 cm³/mol. The Balaban J connectivity index is 1.59. The van der Waals surface area contributed by atoms with Crippen molar-refractivity contribution in [3.05, 3.63) is 54.5 Å². The average molecular weight is 399 g/mol. The van der Waals surface area contributed by atoms with Crippen LogP contribution in [0.5, 0.6) is 5.75 Å². The zero-order valence-corrected chi connectivity index (χ0v) is 15.7. The van der Waals surface area contributed by atoms with Crippen LogP contribution in [0.15, 0.2) is 53.0 Å². The van der Waals surface area contributed by atoms with Crippen molar-refractivity contribution in [2.45, 2.75) is 4.34 Å². The molecule has 0 radical (unpaired) electrons. The third kappa shape index (κ3) is 3.93. The molecule has 4 aromatic rings. The number of aromatic nitrogens is 3. The minimum Gasteiger partial charge on any atom is -0.508 e. The molecule has 2 aromatic heterocycles. The van der Waals surface area contributed by atoms with Gasteiger partial charge in [-0.1, -0.05) is 17.8 Å². The minimum atomic E-state index is -0.591. The van der Waals surface area contributed by atoms with Crippen LogP contribution in [0.25, 0.3) is 10.2 Å². The molecule has 0 atom stereocenters. The first-order chi connectivity index (χ1) is 13.1. The van der Waals surface area contributed by atoms with Gasteiger partial charge in [-0.05, 0) is 36.6 Å². The largest absolute Gasteiger partial charge is 0.508 e. The Kier molecular flexibility index (Phi) is 4.78. The van der Waals surface area contributed by atoms with Crippen LogP contribution in [-0.4, -0.2) is 26.3 Å². The number of hydrogen-bond acceptors (Lipinski definition) is 8. The van der Waals surface area contributed by atoms with E-state index in [1.165, 1.54) is 12.1 Å². The Hall–Kier alpha value is -2.91. The van der Waals surface area contributed by atoms with Crippen LogP contribution in [0.1, 0.15) is 0 Å². The summed E-state index contributed by atoms with van der Waals surface area (Å²) in [6.07, 6.45) is 3.09. The summed E-state index contributed by atoms with van der Waals surface area (Å²) >= 11 is 3.21. The molecule has 0 fully saturated rings. The predicted octanol–water partition coefficient (Wildman–Crippen LogP) is 5.14. The van der Waals surface area contributed by atoms with Gasteiger partial charge in [0, 0.05) is 17.4 Å². The molecule has 0 saturated carbocycles. The second-order valence-corrected chi connectivity index (χ2v) is 7.64. The third-order valence-electron chi connectivity index (χ3n) is 3.65. The zero-order chi connectivity index (χ0) is 18.8. The van der Waals surface area contributed by atoms with Gasteiger partial charge >= 0.3 is 0 Å². The monoisotopic (exact) mass is 399 g/mol. The molecule has 0 aliphatic carbocycles. The van der Waals surface area contributed by atoms with E-state index >= 15 is 0 Å². The van der Waals surface area contributed by atoms with Crippen molar-refractivity contribution in [2.75, 3.05) is 16.9 Å². The van der Waals surface area contributed by atoms with E-state index in [0.29, 0.717) is 5.69 Å². The highest BCUT2D eigenvalue weighted by molar-refractivity contribution is 8.00. The number of nitrogens with zero attached hydrogens (tertiary/aromatic N) is 3. The van der Waals surface area contributed by atoms with E-state index in [-0.39, 0.29) is 17.5 Å². The van der Waals surface area contributed by atoms with Crippen molar-refractivity contribution in [1.29, 1.82) is 0 Å². The fourth-order valence-electron chi connectivity index (χ4n) is 2.43. The summed E-state index contributed by atoms with van der Waals surface area (Å²) in [7, 11) is 0. The summed E-state index contributed by atoms with van der Waals surface area (Å²) in [6.45, 7) is 0. The summed E-state index contributed by atoms with van der Waals surface area (Å²) in [5.41, 5.74) is 2.24. The SMILES string of the molecule is CSc1nc2ccc(Nc3ncc(F)c(Nc4cccc(O)c4)n3)cc2s1. The van der Waals surface area contributed by atoms with Gasteiger partial charge in [-0.15, -0.1) is 11.3 Å². The standard InChI is InChI=1S/C18H14FN5OS2/c1-26-18-23-14-6-5-11(8-15(14)27-18)22-17-20-9-13(19)16(24-17)21-10-3-2-4-12(25)7-10/h2-9,25H,1H3,(H2,20,21,22,24). The number of hydrogen-bond donors (Lipinski definition) is 3. The lowest BCUT2D eigenvalue weighted by molar-refractivity contribution is 0.475. The highest BCUT2D eigenvalue weighted by Crippen LogP contribution is 2.31. The number of aromatic hydroxyl groups is 1. The van der Waals surface area contributed by atoms with Crippen molar-refractivity contribution in [3.63, 3.8) is 0 Å². The lowest BCUT2D eigenvalue weighted by Crippen LogP contribution is -2.03. The molecule has 136 valence electrons. The molecule has 0 amide bonds. The number of thioether (sulfide) groups is 1. The Morgan fingerprint density at radius 3 is 2.74 bits per heavy atom. The maximum Gasteiger partial charge on any atom is 0.229 e. The highest BCUT2D eigenvalue weighted by atomic mass is 32.2. The molecule has 0 aliphatic heterocycles. The molecular weight excluding hydrogens is 385 g/mol. The van der Waals surface area contributed by atoms with Crippen LogP contribution in [-0.2, 0) is 0 Å². The smallest absolute Gasteiger partial charge is 0.229 e. The molecule has 0 bridgehead atoms. The zero-order valence-electron chi connectivity index (χ0n) is 14.1. The maximum atomic E-state index is 14.1. The lowest BCUT2D eigenvalue weighted by atomic mass is 10.3. The number of rotatable bonds is 5. The van der Waals surface area contributed by atoms with Gasteiger partial charge in [-0.2, -0.15) is 4.98 Å². The van der Waals surface area contributed by atoms with Crippen LogP contribution in [0, 0.1) is 5.82 Å². The summed E-state index contributed by atoms with van der Waals surface area (Å²) in [5.74, 6) is -0.239. The number of nitrogens with one attached hydrogen (secondary N) is 2.